The van der Waals surface area contributed by atoms with Crippen molar-refractivity contribution in [2.75, 3.05) is 13.7 Å². The fourth-order valence-electron chi connectivity index (χ4n) is 0.972. The minimum absolute atomic E-state index is 0. The minimum Gasteiger partial charge on any atom is -0.677 e. The number of benzene rings is 1. The molecular weight excluding hydrogens is 145 g/mol. The average molecular weight is 157 g/mol. The molecule has 0 heterocycles. The van der Waals surface area contributed by atoms with Crippen LogP contribution in [0.25, 0.3) is 5.73 Å². The van der Waals surface area contributed by atoms with Gasteiger partial charge in [0.2, 0.25) is 0 Å². The summed E-state index contributed by atoms with van der Waals surface area (Å²) in [6.07, 6.45) is 0.803. The van der Waals surface area contributed by atoms with E-state index in [1.54, 1.807) is 7.11 Å². The molecule has 0 saturated heterocycles. The molecule has 60 valence electrons. The number of hydrogen-bond acceptors (Lipinski definition) is 1. The Kier molecular flexibility index (Phi) is 5.92. The molecule has 0 radical (unpaired) electrons. The Morgan fingerprint density at radius 3 is 2.75 bits per heavy atom. The molecule has 0 spiro atoms. The zero-order valence-corrected chi connectivity index (χ0v) is 7.63. The largest absolute Gasteiger partial charge is 1.00 e. The first-order chi connectivity index (χ1) is 5.36. The van der Waals surface area contributed by atoms with Crippen LogP contribution in [0.3, 0.4) is 0 Å². The van der Waals surface area contributed by atoms with Crippen molar-refractivity contribution >= 4 is 0 Å². The molecule has 1 N–H and O–H groups in total. The molecule has 0 bridgehead atoms. The third-order valence-electron chi connectivity index (χ3n) is 1.55. The van der Waals surface area contributed by atoms with E-state index in [1.807, 2.05) is 24.3 Å². The van der Waals surface area contributed by atoms with Crippen molar-refractivity contribution in [2.45, 2.75) is 6.42 Å². The Bertz CT molecular complexity index is 228. The van der Waals surface area contributed by atoms with E-state index in [-0.39, 0.29) is 18.9 Å². The zero-order chi connectivity index (χ0) is 8.10. The van der Waals surface area contributed by atoms with Gasteiger partial charge in [-0.1, -0.05) is 12.1 Å². The van der Waals surface area contributed by atoms with Crippen LogP contribution in [0.1, 0.15) is 5.56 Å². The molecule has 0 aliphatic rings. The number of rotatable bonds is 3. The molecule has 1 rings (SSSR count). The van der Waals surface area contributed by atoms with Crippen molar-refractivity contribution in [2.24, 2.45) is 0 Å². The van der Waals surface area contributed by atoms with Crippen molar-refractivity contribution in [3.05, 3.63) is 35.6 Å². The number of nitrogens with one attached hydrogen (secondary N) is 1. The molecule has 12 heavy (non-hydrogen) atoms. The normalized spacial score (nSPS) is 8.83. The number of ether oxygens (including phenoxy) is 1. The summed E-state index contributed by atoms with van der Waals surface area (Å²) < 4.78 is 5.04. The second-order valence-corrected chi connectivity index (χ2v) is 2.35. The van der Waals surface area contributed by atoms with E-state index < -0.39 is 0 Å². The molecule has 3 heteroatoms. The maximum Gasteiger partial charge on any atom is 1.00 e. The first kappa shape index (κ1) is 11.6. The van der Waals surface area contributed by atoms with E-state index in [1.165, 1.54) is 5.56 Å². The van der Waals surface area contributed by atoms with E-state index in [9.17, 15) is 0 Å². The van der Waals surface area contributed by atoms with Gasteiger partial charge >= 0.3 is 18.9 Å². The van der Waals surface area contributed by atoms with Gasteiger partial charge in [-0.2, -0.15) is 0 Å². The van der Waals surface area contributed by atoms with Gasteiger partial charge in [0.05, 0.1) is 7.11 Å². The Morgan fingerprint density at radius 1 is 1.42 bits per heavy atom. The SMILES string of the molecule is COc1cccc(CC[NH-])c1.[Li+]. The summed E-state index contributed by atoms with van der Waals surface area (Å²) in [6, 6.07) is 7.84. The Hall–Kier alpha value is -0.423. The van der Waals surface area contributed by atoms with Gasteiger partial charge in [0.15, 0.2) is 0 Å². The number of hydrogen-bond donors (Lipinski definition) is 0. The quantitative estimate of drug-likeness (QED) is 0.534. The maximum absolute atomic E-state index is 7.03. The molecule has 0 atom stereocenters. The van der Waals surface area contributed by atoms with E-state index in [4.69, 9.17) is 10.5 Å². The fraction of sp³-hybridized carbons (Fsp3) is 0.333. The summed E-state index contributed by atoms with van der Waals surface area (Å²) in [6.45, 7) is 0.438. The van der Waals surface area contributed by atoms with Gasteiger partial charge in [-0.25, -0.2) is 0 Å². The average Bonchev–Trinajstić information content (AvgIpc) is 2.06. The summed E-state index contributed by atoms with van der Waals surface area (Å²) in [7, 11) is 1.65. The predicted octanol–water partition coefficient (Wildman–Crippen LogP) is -0.706. The fourth-order valence-corrected chi connectivity index (χ4v) is 0.972. The van der Waals surface area contributed by atoms with Crippen LogP contribution in [0, 0.1) is 0 Å². The molecule has 2 nitrogen and oxygen atoms in total. The Labute approximate surface area is 85.3 Å². The standard InChI is InChI=1S/C9H12NO.Li/c1-11-9-4-2-3-8(7-9)5-6-10;/h2-4,7,10H,5-6H2,1H3;/q-1;+1. The molecule has 1 aromatic carbocycles. The van der Waals surface area contributed by atoms with Gasteiger partial charge in [0.1, 0.15) is 5.75 Å². The van der Waals surface area contributed by atoms with Gasteiger partial charge in [-0.05, 0) is 24.1 Å². The third kappa shape index (κ3) is 3.32. The molecule has 1 aromatic rings. The van der Waals surface area contributed by atoms with Crippen molar-refractivity contribution in [3.8, 4) is 5.75 Å². The van der Waals surface area contributed by atoms with Crippen LogP contribution < -0.4 is 23.6 Å². The van der Waals surface area contributed by atoms with Gasteiger partial charge in [-0.15, -0.1) is 6.54 Å². The summed E-state index contributed by atoms with van der Waals surface area (Å²) >= 11 is 0. The molecular formula is C9H12LiNO. The summed E-state index contributed by atoms with van der Waals surface area (Å²) in [5.41, 5.74) is 8.19. The second-order valence-electron chi connectivity index (χ2n) is 2.35. The van der Waals surface area contributed by atoms with Crippen LogP contribution in [-0.2, 0) is 6.42 Å². The van der Waals surface area contributed by atoms with Crippen LogP contribution in [0.2, 0.25) is 0 Å². The molecule has 0 amide bonds. The predicted molar refractivity (Wildman–Crippen MR) is 45.9 cm³/mol. The van der Waals surface area contributed by atoms with Gasteiger partial charge < -0.3 is 10.5 Å². The molecule has 0 aliphatic heterocycles. The monoisotopic (exact) mass is 157 g/mol. The summed E-state index contributed by atoms with van der Waals surface area (Å²) in [5, 5.41) is 0. The van der Waals surface area contributed by atoms with Crippen LogP contribution >= 0.6 is 0 Å². The van der Waals surface area contributed by atoms with E-state index in [2.05, 4.69) is 0 Å². The van der Waals surface area contributed by atoms with Gasteiger partial charge in [0.25, 0.3) is 0 Å². The van der Waals surface area contributed by atoms with Crippen LogP contribution in [0.15, 0.2) is 24.3 Å². The van der Waals surface area contributed by atoms with E-state index in [0.29, 0.717) is 6.54 Å². The molecule has 0 unspecified atom stereocenters. The summed E-state index contributed by atoms with van der Waals surface area (Å²) in [5.74, 6) is 0.871. The molecule has 0 saturated carbocycles. The Balaban J connectivity index is 0.00000121. The van der Waals surface area contributed by atoms with Crippen molar-refractivity contribution < 1.29 is 23.6 Å². The van der Waals surface area contributed by atoms with Crippen LogP contribution in [-0.4, -0.2) is 13.7 Å². The first-order valence-corrected chi connectivity index (χ1v) is 3.64. The smallest absolute Gasteiger partial charge is 0.677 e. The van der Waals surface area contributed by atoms with Crippen LogP contribution in [0.4, 0.5) is 0 Å². The van der Waals surface area contributed by atoms with Crippen LogP contribution in [0.5, 0.6) is 5.75 Å². The van der Waals surface area contributed by atoms with E-state index in [0.717, 1.165) is 12.2 Å². The Morgan fingerprint density at radius 2 is 2.17 bits per heavy atom. The molecule has 0 fully saturated rings. The van der Waals surface area contributed by atoms with Crippen molar-refractivity contribution in [3.63, 3.8) is 0 Å². The molecule has 0 aromatic heterocycles. The van der Waals surface area contributed by atoms with Crippen molar-refractivity contribution in [1.82, 2.24) is 0 Å². The van der Waals surface area contributed by atoms with Gasteiger partial charge in [0, 0.05) is 0 Å². The van der Waals surface area contributed by atoms with Crippen molar-refractivity contribution in [1.29, 1.82) is 0 Å². The summed E-state index contributed by atoms with van der Waals surface area (Å²) in [4.78, 5) is 0. The maximum atomic E-state index is 7.03. The van der Waals surface area contributed by atoms with E-state index >= 15 is 0 Å². The number of methoxy groups -OCH3 is 1. The second kappa shape index (κ2) is 6.13. The third-order valence-corrected chi connectivity index (χ3v) is 1.55. The first-order valence-electron chi connectivity index (χ1n) is 3.64. The molecule has 0 aliphatic carbocycles. The zero-order valence-electron chi connectivity index (χ0n) is 7.63. The van der Waals surface area contributed by atoms with Gasteiger partial charge in [-0.3, -0.25) is 0 Å². The topological polar surface area (TPSA) is 33.0 Å². The minimum atomic E-state index is 0.